The van der Waals surface area contributed by atoms with Gasteiger partial charge in [0.2, 0.25) is 0 Å². The van der Waals surface area contributed by atoms with E-state index in [0.29, 0.717) is 23.4 Å². The van der Waals surface area contributed by atoms with E-state index < -0.39 is 0 Å². The summed E-state index contributed by atoms with van der Waals surface area (Å²) >= 11 is 0. The van der Waals surface area contributed by atoms with E-state index in [9.17, 15) is 9.50 Å². The average molecular weight is 326 g/mol. The predicted molar refractivity (Wildman–Crippen MR) is 95.9 cm³/mol. The summed E-state index contributed by atoms with van der Waals surface area (Å²) < 4.78 is 14.3. The number of halogens is 1. The number of hydrogen-bond donors (Lipinski definition) is 1. The van der Waals surface area contributed by atoms with Crippen LogP contribution in [0.2, 0.25) is 0 Å². The van der Waals surface area contributed by atoms with Crippen molar-refractivity contribution < 1.29 is 9.50 Å². The highest BCUT2D eigenvalue weighted by atomic mass is 19.1. The molecule has 1 N–H and O–H groups in total. The largest absolute Gasteiger partial charge is 0.393 e. The molecule has 1 aromatic carbocycles. The van der Waals surface area contributed by atoms with Crippen molar-refractivity contribution in [3.63, 3.8) is 0 Å². The fourth-order valence-corrected chi connectivity index (χ4v) is 2.35. The van der Waals surface area contributed by atoms with Crippen LogP contribution in [-0.4, -0.2) is 21.2 Å². The summed E-state index contributed by atoms with van der Waals surface area (Å²) in [5.41, 5.74) is 1.97. The molecule has 0 saturated heterocycles. The molecule has 0 radical (unpaired) electrons. The second-order valence-electron chi connectivity index (χ2n) is 5.80. The number of aromatic nitrogens is 2. The van der Waals surface area contributed by atoms with Gasteiger partial charge in [0, 0.05) is 29.9 Å². The molecule has 0 bridgehead atoms. The maximum Gasteiger partial charge on any atom is 0.131 e. The first-order valence-electron chi connectivity index (χ1n) is 8.16. The lowest BCUT2D eigenvalue weighted by atomic mass is 10.0. The molecule has 3 nitrogen and oxygen atoms in total. The SMILES string of the molecule is C=CCc1ncc(-c2ccc(C=CCCCC(C)O)cc2F)cn1. The molecular formula is C20H23FN2O. The zero-order valence-corrected chi connectivity index (χ0v) is 14.0. The number of unbranched alkanes of at least 4 members (excludes halogenated alkanes) is 1. The van der Waals surface area contributed by atoms with Gasteiger partial charge in [0.1, 0.15) is 11.6 Å². The van der Waals surface area contributed by atoms with Crippen LogP contribution < -0.4 is 0 Å². The summed E-state index contributed by atoms with van der Waals surface area (Å²) in [6.45, 7) is 5.43. The van der Waals surface area contributed by atoms with Crippen LogP contribution in [-0.2, 0) is 6.42 Å². The quantitative estimate of drug-likeness (QED) is 0.571. The minimum absolute atomic E-state index is 0.268. The van der Waals surface area contributed by atoms with E-state index in [2.05, 4.69) is 16.5 Å². The summed E-state index contributed by atoms with van der Waals surface area (Å²) in [5.74, 6) is 0.382. The monoisotopic (exact) mass is 326 g/mol. The molecule has 1 heterocycles. The molecule has 0 aliphatic heterocycles. The maximum absolute atomic E-state index is 14.3. The van der Waals surface area contributed by atoms with Gasteiger partial charge in [0.15, 0.2) is 0 Å². The minimum Gasteiger partial charge on any atom is -0.393 e. The Balaban J connectivity index is 2.03. The van der Waals surface area contributed by atoms with E-state index in [4.69, 9.17) is 0 Å². The third kappa shape index (κ3) is 5.39. The Hall–Kier alpha value is -2.33. The summed E-state index contributed by atoms with van der Waals surface area (Å²) in [4.78, 5) is 8.42. The molecule has 2 aromatic rings. The van der Waals surface area contributed by atoms with Crippen LogP contribution in [0.15, 0.2) is 49.3 Å². The van der Waals surface area contributed by atoms with Crippen molar-refractivity contribution >= 4 is 6.08 Å². The van der Waals surface area contributed by atoms with E-state index >= 15 is 0 Å². The first kappa shape index (κ1) is 18.0. The Labute approximate surface area is 142 Å². The molecule has 0 spiro atoms. The smallest absolute Gasteiger partial charge is 0.131 e. The number of benzene rings is 1. The van der Waals surface area contributed by atoms with E-state index in [0.717, 1.165) is 24.8 Å². The molecule has 0 aliphatic carbocycles. The van der Waals surface area contributed by atoms with Gasteiger partial charge in [-0.25, -0.2) is 14.4 Å². The average Bonchev–Trinajstić information content (AvgIpc) is 2.56. The van der Waals surface area contributed by atoms with Crippen LogP contribution in [0, 0.1) is 5.82 Å². The Kier molecular flexibility index (Phi) is 6.82. The third-order valence-corrected chi connectivity index (χ3v) is 3.64. The van der Waals surface area contributed by atoms with E-state index in [1.165, 1.54) is 6.07 Å². The van der Waals surface area contributed by atoms with Gasteiger partial charge in [-0.05, 0) is 37.8 Å². The molecule has 0 amide bonds. The van der Waals surface area contributed by atoms with Gasteiger partial charge in [-0.15, -0.1) is 6.58 Å². The lowest BCUT2D eigenvalue weighted by Crippen LogP contribution is -1.97. The summed E-state index contributed by atoms with van der Waals surface area (Å²) in [7, 11) is 0. The second-order valence-corrected chi connectivity index (χ2v) is 5.80. The molecule has 0 aliphatic rings. The van der Waals surface area contributed by atoms with Crippen LogP contribution in [0.1, 0.15) is 37.6 Å². The van der Waals surface area contributed by atoms with Crippen LogP contribution in [0.4, 0.5) is 4.39 Å². The van der Waals surface area contributed by atoms with E-state index in [-0.39, 0.29) is 11.9 Å². The number of aliphatic hydroxyl groups is 1. The van der Waals surface area contributed by atoms with Crippen molar-refractivity contribution in [2.45, 2.75) is 38.7 Å². The number of aliphatic hydroxyl groups excluding tert-OH is 1. The van der Waals surface area contributed by atoms with Gasteiger partial charge in [-0.3, -0.25) is 0 Å². The second kappa shape index (κ2) is 9.08. The topological polar surface area (TPSA) is 46.0 Å². The molecule has 24 heavy (non-hydrogen) atoms. The van der Waals surface area contributed by atoms with Crippen LogP contribution in [0.5, 0.6) is 0 Å². The number of hydrogen-bond acceptors (Lipinski definition) is 3. The molecule has 0 fully saturated rings. The normalized spacial score (nSPS) is 12.5. The summed E-state index contributed by atoms with van der Waals surface area (Å²) in [6, 6.07) is 5.13. The van der Waals surface area contributed by atoms with Gasteiger partial charge in [-0.2, -0.15) is 0 Å². The van der Waals surface area contributed by atoms with Crippen molar-refractivity contribution in [3.8, 4) is 11.1 Å². The fourth-order valence-electron chi connectivity index (χ4n) is 2.35. The standard InChI is InChI=1S/C20H23FN2O/c1-3-7-20-22-13-17(14-23-20)18-11-10-16(12-19(18)21)9-6-4-5-8-15(2)24/h3,6,9-15,24H,1,4-5,7-8H2,2H3. The third-order valence-electron chi connectivity index (χ3n) is 3.64. The molecule has 2 rings (SSSR count). The number of nitrogens with zero attached hydrogens (tertiary/aromatic N) is 2. The van der Waals surface area contributed by atoms with Crippen molar-refractivity contribution in [1.29, 1.82) is 0 Å². The van der Waals surface area contributed by atoms with Gasteiger partial charge < -0.3 is 5.11 Å². The van der Waals surface area contributed by atoms with Crippen LogP contribution in [0.3, 0.4) is 0 Å². The number of rotatable bonds is 8. The first-order chi connectivity index (χ1) is 11.6. The number of allylic oxidation sites excluding steroid dienone is 2. The Bertz CT molecular complexity index is 693. The highest BCUT2D eigenvalue weighted by Crippen LogP contribution is 2.23. The predicted octanol–water partition coefficient (Wildman–Crippen LogP) is 4.58. The zero-order chi connectivity index (χ0) is 17.4. The van der Waals surface area contributed by atoms with Gasteiger partial charge >= 0.3 is 0 Å². The molecule has 1 unspecified atom stereocenters. The Morgan fingerprint density at radius 2 is 2.04 bits per heavy atom. The van der Waals surface area contributed by atoms with Gasteiger partial charge in [0.25, 0.3) is 0 Å². The van der Waals surface area contributed by atoms with Crippen LogP contribution >= 0.6 is 0 Å². The Morgan fingerprint density at radius 3 is 2.67 bits per heavy atom. The summed E-state index contributed by atoms with van der Waals surface area (Å²) in [5, 5.41) is 9.20. The maximum atomic E-state index is 14.3. The lowest BCUT2D eigenvalue weighted by molar-refractivity contribution is 0.182. The van der Waals surface area contributed by atoms with Gasteiger partial charge in [-0.1, -0.05) is 30.4 Å². The minimum atomic E-state index is -0.291. The fraction of sp³-hybridized carbons (Fsp3) is 0.300. The molecular weight excluding hydrogens is 303 g/mol. The lowest BCUT2D eigenvalue weighted by Gasteiger charge is -2.05. The summed E-state index contributed by atoms with van der Waals surface area (Å²) in [6.07, 6.45) is 11.8. The van der Waals surface area contributed by atoms with E-state index in [1.807, 2.05) is 18.2 Å². The zero-order valence-electron chi connectivity index (χ0n) is 14.0. The highest BCUT2D eigenvalue weighted by molar-refractivity contribution is 5.65. The van der Waals surface area contributed by atoms with Crippen molar-refractivity contribution in [1.82, 2.24) is 9.97 Å². The van der Waals surface area contributed by atoms with Gasteiger partial charge in [0.05, 0.1) is 6.10 Å². The molecule has 4 heteroatoms. The van der Waals surface area contributed by atoms with Crippen molar-refractivity contribution in [2.24, 2.45) is 0 Å². The molecule has 126 valence electrons. The van der Waals surface area contributed by atoms with Crippen LogP contribution in [0.25, 0.3) is 17.2 Å². The first-order valence-corrected chi connectivity index (χ1v) is 8.16. The van der Waals surface area contributed by atoms with Crippen molar-refractivity contribution in [2.75, 3.05) is 0 Å². The highest BCUT2D eigenvalue weighted by Gasteiger charge is 2.06. The van der Waals surface area contributed by atoms with Crippen molar-refractivity contribution in [3.05, 3.63) is 66.5 Å². The molecule has 1 atom stereocenters. The molecule has 1 aromatic heterocycles. The van der Waals surface area contributed by atoms with E-state index in [1.54, 1.807) is 31.5 Å². The molecule has 0 saturated carbocycles. The Morgan fingerprint density at radius 1 is 1.29 bits per heavy atom.